The molecule has 1 fully saturated rings. The molecule has 0 aromatic heterocycles. The van der Waals surface area contributed by atoms with E-state index >= 15 is 0 Å². The Morgan fingerprint density at radius 3 is 2.42 bits per heavy atom. The summed E-state index contributed by atoms with van der Waals surface area (Å²) in [6.45, 7) is 1.19. The number of halogens is 3. The van der Waals surface area contributed by atoms with E-state index in [1.54, 1.807) is 36.4 Å². The SMILES string of the molecule is O=C1N(CCOc2ccc(Cl)cc2)c2c(ccc(Cl)c2Cl)C12OCCO2. The van der Waals surface area contributed by atoms with Crippen molar-refractivity contribution in [2.24, 2.45) is 0 Å². The Hall–Kier alpha value is -1.50. The molecule has 2 aromatic rings. The van der Waals surface area contributed by atoms with Crippen LogP contribution in [0.2, 0.25) is 15.1 Å². The van der Waals surface area contributed by atoms with Crippen molar-refractivity contribution in [1.82, 2.24) is 0 Å². The van der Waals surface area contributed by atoms with Gasteiger partial charge in [0, 0.05) is 10.6 Å². The van der Waals surface area contributed by atoms with Gasteiger partial charge in [0.15, 0.2) is 0 Å². The molecule has 8 heteroatoms. The predicted octanol–water partition coefficient (Wildman–Crippen LogP) is 4.27. The summed E-state index contributed by atoms with van der Waals surface area (Å²) in [6.07, 6.45) is 0. The quantitative estimate of drug-likeness (QED) is 0.749. The standard InChI is InChI=1S/C18H14Cl3NO4/c19-11-1-3-12(4-2-11)24-8-7-22-16-13(5-6-14(20)15(16)21)18(17(22)23)25-9-10-26-18/h1-6H,7-10H2. The van der Waals surface area contributed by atoms with Gasteiger partial charge in [-0.15, -0.1) is 0 Å². The molecule has 1 saturated heterocycles. The van der Waals surface area contributed by atoms with Gasteiger partial charge in [-0.3, -0.25) is 4.79 Å². The molecule has 26 heavy (non-hydrogen) atoms. The van der Waals surface area contributed by atoms with Crippen LogP contribution < -0.4 is 9.64 Å². The Morgan fingerprint density at radius 2 is 1.73 bits per heavy atom. The maximum absolute atomic E-state index is 13.0. The lowest BCUT2D eigenvalue weighted by atomic mass is 10.1. The first-order chi connectivity index (χ1) is 12.5. The number of anilines is 1. The van der Waals surface area contributed by atoms with Crippen LogP contribution in [0.3, 0.4) is 0 Å². The second-order valence-electron chi connectivity index (χ2n) is 5.83. The number of rotatable bonds is 4. The van der Waals surface area contributed by atoms with E-state index in [1.807, 2.05) is 0 Å². The molecule has 0 radical (unpaired) electrons. The second-order valence-corrected chi connectivity index (χ2v) is 7.05. The predicted molar refractivity (Wildman–Crippen MR) is 99.3 cm³/mol. The summed E-state index contributed by atoms with van der Waals surface area (Å²) in [5, 5.41) is 1.27. The topological polar surface area (TPSA) is 48.0 Å². The zero-order valence-electron chi connectivity index (χ0n) is 13.5. The van der Waals surface area contributed by atoms with Crippen molar-refractivity contribution in [2.75, 3.05) is 31.3 Å². The van der Waals surface area contributed by atoms with E-state index in [0.717, 1.165) is 0 Å². The molecule has 4 rings (SSSR count). The van der Waals surface area contributed by atoms with E-state index in [4.69, 9.17) is 49.0 Å². The van der Waals surface area contributed by atoms with Gasteiger partial charge in [0.2, 0.25) is 0 Å². The molecule has 2 aliphatic heterocycles. The molecule has 2 heterocycles. The second kappa shape index (κ2) is 6.91. The molecule has 1 spiro atoms. The average Bonchev–Trinajstić information content (AvgIpc) is 3.21. The number of hydrogen-bond acceptors (Lipinski definition) is 4. The maximum Gasteiger partial charge on any atom is 0.292 e. The number of nitrogens with zero attached hydrogens (tertiary/aromatic N) is 1. The highest BCUT2D eigenvalue weighted by Gasteiger charge is 2.56. The fourth-order valence-corrected chi connectivity index (χ4v) is 3.70. The van der Waals surface area contributed by atoms with E-state index in [1.165, 1.54) is 4.90 Å². The van der Waals surface area contributed by atoms with Gasteiger partial charge in [-0.2, -0.15) is 0 Å². The van der Waals surface area contributed by atoms with Crippen LogP contribution in [0.15, 0.2) is 36.4 Å². The van der Waals surface area contributed by atoms with E-state index < -0.39 is 5.79 Å². The van der Waals surface area contributed by atoms with Crippen molar-refractivity contribution in [3.8, 4) is 5.75 Å². The Kier molecular flexibility index (Phi) is 4.75. The Labute approximate surface area is 165 Å². The van der Waals surface area contributed by atoms with Gasteiger partial charge in [0.1, 0.15) is 12.4 Å². The van der Waals surface area contributed by atoms with E-state index in [9.17, 15) is 4.79 Å². The molecule has 0 N–H and O–H groups in total. The summed E-state index contributed by atoms with van der Waals surface area (Å²) in [7, 11) is 0. The van der Waals surface area contributed by atoms with Gasteiger partial charge in [-0.1, -0.05) is 34.8 Å². The molecular formula is C18H14Cl3NO4. The number of benzene rings is 2. The van der Waals surface area contributed by atoms with E-state index in [0.29, 0.717) is 45.3 Å². The molecule has 2 aromatic carbocycles. The van der Waals surface area contributed by atoms with E-state index in [-0.39, 0.29) is 19.1 Å². The van der Waals surface area contributed by atoms with Crippen LogP contribution in [-0.2, 0) is 20.1 Å². The van der Waals surface area contributed by atoms with Gasteiger partial charge in [0.05, 0.1) is 35.5 Å². The molecule has 0 saturated carbocycles. The fraction of sp³-hybridized carbons (Fsp3) is 0.278. The van der Waals surface area contributed by atoms with Crippen LogP contribution in [0.4, 0.5) is 5.69 Å². The van der Waals surface area contributed by atoms with Crippen LogP contribution in [0.5, 0.6) is 5.75 Å². The van der Waals surface area contributed by atoms with Gasteiger partial charge in [-0.25, -0.2) is 0 Å². The van der Waals surface area contributed by atoms with Crippen LogP contribution in [0, 0.1) is 0 Å². The zero-order valence-corrected chi connectivity index (χ0v) is 15.8. The van der Waals surface area contributed by atoms with Gasteiger partial charge in [-0.05, 0) is 36.4 Å². The largest absolute Gasteiger partial charge is 0.492 e. The number of carbonyl (C=O) groups excluding carboxylic acids is 1. The number of carbonyl (C=O) groups is 1. The van der Waals surface area contributed by atoms with Crippen LogP contribution >= 0.6 is 34.8 Å². The van der Waals surface area contributed by atoms with Crippen LogP contribution in [0.1, 0.15) is 5.56 Å². The molecule has 2 aliphatic rings. The van der Waals surface area contributed by atoms with Crippen LogP contribution in [-0.4, -0.2) is 32.3 Å². The lowest BCUT2D eigenvalue weighted by molar-refractivity contribution is -0.180. The van der Waals surface area contributed by atoms with Crippen molar-refractivity contribution in [3.63, 3.8) is 0 Å². The normalized spacial score (nSPS) is 17.8. The lowest BCUT2D eigenvalue weighted by Gasteiger charge is -2.22. The highest BCUT2D eigenvalue weighted by Crippen LogP contribution is 2.50. The van der Waals surface area contributed by atoms with Gasteiger partial charge in [0.25, 0.3) is 11.7 Å². The van der Waals surface area contributed by atoms with Crippen LogP contribution in [0.25, 0.3) is 0 Å². The lowest BCUT2D eigenvalue weighted by Crippen LogP contribution is -2.42. The van der Waals surface area contributed by atoms with Crippen molar-refractivity contribution < 1.29 is 19.0 Å². The maximum atomic E-state index is 13.0. The smallest absolute Gasteiger partial charge is 0.292 e. The monoisotopic (exact) mass is 413 g/mol. The summed E-state index contributed by atoms with van der Waals surface area (Å²) in [6, 6.07) is 10.3. The molecule has 5 nitrogen and oxygen atoms in total. The summed E-state index contributed by atoms with van der Waals surface area (Å²) >= 11 is 18.4. The third-order valence-electron chi connectivity index (χ3n) is 4.31. The minimum absolute atomic E-state index is 0.256. The van der Waals surface area contributed by atoms with Crippen molar-refractivity contribution in [2.45, 2.75) is 5.79 Å². The van der Waals surface area contributed by atoms with Gasteiger partial charge >= 0.3 is 0 Å². The highest BCUT2D eigenvalue weighted by atomic mass is 35.5. The van der Waals surface area contributed by atoms with Crippen molar-refractivity contribution in [3.05, 3.63) is 57.0 Å². The highest BCUT2D eigenvalue weighted by molar-refractivity contribution is 6.44. The molecule has 0 aliphatic carbocycles. The van der Waals surface area contributed by atoms with Crippen molar-refractivity contribution >= 4 is 46.4 Å². The number of hydrogen-bond donors (Lipinski definition) is 0. The van der Waals surface area contributed by atoms with Crippen molar-refractivity contribution in [1.29, 1.82) is 0 Å². The number of amides is 1. The molecule has 0 bridgehead atoms. The average molecular weight is 415 g/mol. The summed E-state index contributed by atoms with van der Waals surface area (Å²) < 4.78 is 17.0. The Balaban J connectivity index is 1.59. The molecular weight excluding hydrogens is 401 g/mol. The first kappa shape index (κ1) is 17.9. The number of ether oxygens (including phenoxy) is 3. The zero-order chi connectivity index (χ0) is 18.3. The third kappa shape index (κ3) is 2.84. The first-order valence-corrected chi connectivity index (χ1v) is 9.13. The minimum Gasteiger partial charge on any atom is -0.492 e. The molecule has 136 valence electrons. The van der Waals surface area contributed by atoms with E-state index in [2.05, 4.69) is 0 Å². The van der Waals surface area contributed by atoms with Gasteiger partial charge < -0.3 is 19.1 Å². The summed E-state index contributed by atoms with van der Waals surface area (Å²) in [5.41, 5.74) is 1.08. The summed E-state index contributed by atoms with van der Waals surface area (Å²) in [4.78, 5) is 14.5. The minimum atomic E-state index is -1.44. The summed E-state index contributed by atoms with van der Waals surface area (Å²) in [5.74, 6) is -1.11. The Bertz CT molecular complexity index is 850. The molecule has 0 unspecified atom stereocenters. The fourth-order valence-electron chi connectivity index (χ4n) is 3.15. The molecule has 0 atom stereocenters. The Morgan fingerprint density at radius 1 is 1.04 bits per heavy atom. The third-order valence-corrected chi connectivity index (χ3v) is 5.36. The first-order valence-electron chi connectivity index (χ1n) is 7.99. The number of fused-ring (bicyclic) bond motifs is 2. The molecule has 1 amide bonds.